The molecule has 10 aromatic rings. The van der Waals surface area contributed by atoms with Crippen molar-refractivity contribution in [3.63, 3.8) is 0 Å². The first-order chi connectivity index (χ1) is 27.2. The van der Waals surface area contributed by atoms with Gasteiger partial charge in [-0.25, -0.2) is 29.9 Å². The van der Waals surface area contributed by atoms with Crippen LogP contribution in [0.5, 0.6) is 0 Å². The van der Waals surface area contributed by atoms with Gasteiger partial charge in [0.1, 0.15) is 11.2 Å². The summed E-state index contributed by atoms with van der Waals surface area (Å²) in [4.78, 5) is 29.9. The van der Waals surface area contributed by atoms with Gasteiger partial charge in [-0.2, -0.15) is 0 Å². The van der Waals surface area contributed by atoms with E-state index >= 15 is 0 Å². The SMILES string of the molecule is c1ccc(-c2cccc(-c3nc(-c4ccccc4)nc(-c4ccc5c(c4)oc4cccc(-c6nc(-c7ccccc7)nc(-c7ccccc7)n6)c45)n3)c2)cc1. The van der Waals surface area contributed by atoms with Crippen molar-refractivity contribution in [2.45, 2.75) is 0 Å². The highest BCUT2D eigenvalue weighted by atomic mass is 16.3. The van der Waals surface area contributed by atoms with Gasteiger partial charge in [0.25, 0.3) is 0 Å². The number of benzene rings is 7. The highest BCUT2D eigenvalue weighted by Crippen LogP contribution is 2.38. The second kappa shape index (κ2) is 13.7. The van der Waals surface area contributed by atoms with Gasteiger partial charge in [-0.3, -0.25) is 0 Å². The Morgan fingerprint density at radius 3 is 1.24 bits per heavy atom. The Kier molecular flexibility index (Phi) is 8.00. The molecule has 0 fully saturated rings. The van der Waals surface area contributed by atoms with Crippen LogP contribution in [-0.2, 0) is 0 Å². The van der Waals surface area contributed by atoms with Gasteiger partial charge >= 0.3 is 0 Å². The lowest BCUT2D eigenvalue weighted by Crippen LogP contribution is -2.00. The van der Waals surface area contributed by atoms with Crippen molar-refractivity contribution < 1.29 is 4.42 Å². The Labute approximate surface area is 316 Å². The number of aromatic nitrogens is 6. The van der Waals surface area contributed by atoms with Gasteiger partial charge in [-0.15, -0.1) is 0 Å². The topological polar surface area (TPSA) is 90.5 Å². The molecule has 0 unspecified atom stereocenters. The molecule has 0 amide bonds. The quantitative estimate of drug-likeness (QED) is 0.163. The van der Waals surface area contributed by atoms with Gasteiger partial charge in [0.05, 0.1) is 0 Å². The lowest BCUT2D eigenvalue weighted by atomic mass is 10.0. The van der Waals surface area contributed by atoms with E-state index in [-0.39, 0.29) is 0 Å². The summed E-state index contributed by atoms with van der Waals surface area (Å²) >= 11 is 0. The molecule has 3 aromatic heterocycles. The molecule has 0 saturated carbocycles. The Bertz CT molecular complexity index is 2910. The molecule has 0 aliphatic rings. The summed E-state index contributed by atoms with van der Waals surface area (Å²) < 4.78 is 6.56. The van der Waals surface area contributed by atoms with Crippen molar-refractivity contribution in [3.05, 3.63) is 182 Å². The number of nitrogens with zero attached hydrogens (tertiary/aromatic N) is 6. The normalized spacial score (nSPS) is 11.3. The lowest BCUT2D eigenvalue weighted by molar-refractivity contribution is 0.669. The second-order valence-corrected chi connectivity index (χ2v) is 13.1. The van der Waals surface area contributed by atoms with Crippen LogP contribution in [0.1, 0.15) is 0 Å². The third-order valence-electron chi connectivity index (χ3n) is 9.59. The minimum absolute atomic E-state index is 0.550. The van der Waals surface area contributed by atoms with Gasteiger partial charge < -0.3 is 4.42 Å². The molecule has 0 aliphatic heterocycles. The molecular weight excluding hydrogens is 677 g/mol. The molecule has 3 heterocycles. The van der Waals surface area contributed by atoms with Crippen molar-refractivity contribution in [1.82, 2.24) is 29.9 Å². The van der Waals surface area contributed by atoms with E-state index in [2.05, 4.69) is 30.3 Å². The average Bonchev–Trinajstić information content (AvgIpc) is 3.66. The predicted octanol–water partition coefficient (Wildman–Crippen LogP) is 11.6. The monoisotopic (exact) mass is 706 g/mol. The zero-order valence-corrected chi connectivity index (χ0v) is 29.4. The van der Waals surface area contributed by atoms with Crippen molar-refractivity contribution in [3.8, 4) is 79.5 Å². The molecule has 258 valence electrons. The first kappa shape index (κ1) is 32.0. The number of hydrogen-bond donors (Lipinski definition) is 0. The smallest absolute Gasteiger partial charge is 0.164 e. The van der Waals surface area contributed by atoms with Crippen LogP contribution in [0.4, 0.5) is 0 Å². The lowest BCUT2D eigenvalue weighted by Gasteiger charge is -2.10. The summed E-state index contributed by atoms with van der Waals surface area (Å²) in [5.41, 5.74) is 8.95. The summed E-state index contributed by atoms with van der Waals surface area (Å²) in [5, 5.41) is 1.86. The maximum absolute atomic E-state index is 6.56. The fourth-order valence-corrected chi connectivity index (χ4v) is 6.90. The van der Waals surface area contributed by atoms with Gasteiger partial charge in [-0.1, -0.05) is 158 Å². The van der Waals surface area contributed by atoms with Gasteiger partial charge in [0.15, 0.2) is 34.9 Å². The van der Waals surface area contributed by atoms with Gasteiger partial charge in [0.2, 0.25) is 0 Å². The first-order valence-corrected chi connectivity index (χ1v) is 18.0. The average molecular weight is 707 g/mol. The molecular formula is C48H30N6O. The Balaban J connectivity index is 1.11. The van der Waals surface area contributed by atoms with E-state index in [0.29, 0.717) is 40.5 Å². The maximum Gasteiger partial charge on any atom is 0.164 e. The second-order valence-electron chi connectivity index (χ2n) is 13.1. The van der Waals surface area contributed by atoms with Crippen LogP contribution in [0.25, 0.3) is 101 Å². The molecule has 0 radical (unpaired) electrons. The third-order valence-corrected chi connectivity index (χ3v) is 9.59. The molecule has 0 bridgehead atoms. The minimum atomic E-state index is 0.550. The number of furan rings is 1. The highest BCUT2D eigenvalue weighted by Gasteiger charge is 2.19. The van der Waals surface area contributed by atoms with Crippen LogP contribution in [0.3, 0.4) is 0 Å². The highest BCUT2D eigenvalue weighted by molar-refractivity contribution is 6.12. The molecule has 10 rings (SSSR count). The first-order valence-electron chi connectivity index (χ1n) is 18.0. The van der Waals surface area contributed by atoms with Crippen molar-refractivity contribution >= 4 is 21.9 Å². The largest absolute Gasteiger partial charge is 0.456 e. The van der Waals surface area contributed by atoms with Crippen LogP contribution < -0.4 is 0 Å². The molecule has 0 atom stereocenters. The van der Waals surface area contributed by atoms with Crippen molar-refractivity contribution in [2.75, 3.05) is 0 Å². The van der Waals surface area contributed by atoms with Crippen LogP contribution in [0, 0.1) is 0 Å². The fraction of sp³-hybridized carbons (Fsp3) is 0. The van der Waals surface area contributed by atoms with Crippen LogP contribution in [0.2, 0.25) is 0 Å². The summed E-state index contributed by atoms with van der Waals surface area (Å²) in [7, 11) is 0. The van der Waals surface area contributed by atoms with E-state index in [1.807, 2.05) is 152 Å². The van der Waals surface area contributed by atoms with E-state index in [9.17, 15) is 0 Å². The number of hydrogen-bond acceptors (Lipinski definition) is 7. The third kappa shape index (κ3) is 6.19. The summed E-state index contributed by atoms with van der Waals surface area (Å²) in [6, 6.07) is 60.7. The van der Waals surface area contributed by atoms with Crippen molar-refractivity contribution in [2.24, 2.45) is 0 Å². The molecule has 0 N–H and O–H groups in total. The number of fused-ring (bicyclic) bond motifs is 3. The van der Waals surface area contributed by atoms with E-state index in [0.717, 1.165) is 60.9 Å². The Morgan fingerprint density at radius 2 is 0.691 bits per heavy atom. The Morgan fingerprint density at radius 1 is 0.273 bits per heavy atom. The van der Waals surface area contributed by atoms with Gasteiger partial charge in [0, 0.05) is 44.2 Å². The van der Waals surface area contributed by atoms with Gasteiger partial charge in [-0.05, 0) is 35.4 Å². The van der Waals surface area contributed by atoms with Crippen LogP contribution in [0.15, 0.2) is 186 Å². The molecule has 0 aliphatic carbocycles. The standard InChI is InChI=1S/C48H30N6O/c1-5-15-31(16-6-1)35-23-13-24-36(29-35)46-50-43(32-17-7-2-8-18-32)51-47(52-46)37-27-28-38-41(30-37)55-40-26-14-25-39(42(38)40)48-53-44(33-19-9-3-10-20-33)49-45(54-48)34-21-11-4-12-22-34/h1-30H. The zero-order chi connectivity index (χ0) is 36.6. The number of rotatable bonds is 7. The van der Waals surface area contributed by atoms with Crippen molar-refractivity contribution in [1.29, 1.82) is 0 Å². The molecule has 7 aromatic carbocycles. The fourth-order valence-electron chi connectivity index (χ4n) is 6.90. The molecule has 55 heavy (non-hydrogen) atoms. The summed E-state index contributed by atoms with van der Waals surface area (Å²) in [6.07, 6.45) is 0. The molecule has 7 heteroatoms. The van der Waals surface area contributed by atoms with Crippen LogP contribution >= 0.6 is 0 Å². The van der Waals surface area contributed by atoms with E-state index in [1.54, 1.807) is 0 Å². The summed E-state index contributed by atoms with van der Waals surface area (Å²) in [6.45, 7) is 0. The zero-order valence-electron chi connectivity index (χ0n) is 29.4. The van der Waals surface area contributed by atoms with E-state index in [4.69, 9.17) is 34.3 Å². The molecule has 0 spiro atoms. The van der Waals surface area contributed by atoms with E-state index in [1.165, 1.54) is 0 Å². The molecule has 0 saturated heterocycles. The Hall–Kier alpha value is -7.64. The predicted molar refractivity (Wildman–Crippen MR) is 219 cm³/mol. The maximum atomic E-state index is 6.56. The molecule has 7 nitrogen and oxygen atoms in total. The summed E-state index contributed by atoms with van der Waals surface area (Å²) in [5.74, 6) is 3.51. The van der Waals surface area contributed by atoms with E-state index < -0.39 is 0 Å². The van der Waals surface area contributed by atoms with Crippen LogP contribution in [-0.4, -0.2) is 29.9 Å². The minimum Gasteiger partial charge on any atom is -0.456 e.